The molecule has 1 heterocycles. The van der Waals surface area contributed by atoms with Gasteiger partial charge in [-0.3, -0.25) is 4.68 Å². The maximum Gasteiger partial charge on any atom is 0.0630 e. The fraction of sp³-hybridized carbons (Fsp3) is 0.812. The Hall–Kier alpha value is -0.500. The monoisotopic (exact) mass is 280 g/mol. The first kappa shape index (κ1) is 13.5. The van der Waals surface area contributed by atoms with Crippen molar-refractivity contribution in [2.45, 2.75) is 64.3 Å². The summed E-state index contributed by atoms with van der Waals surface area (Å²) in [6.07, 6.45) is 12.7. The van der Waals surface area contributed by atoms with Gasteiger partial charge in [0.2, 0.25) is 0 Å². The molecule has 106 valence electrons. The van der Waals surface area contributed by atoms with E-state index in [0.29, 0.717) is 6.04 Å². The van der Waals surface area contributed by atoms with Crippen molar-refractivity contribution in [3.8, 4) is 0 Å². The van der Waals surface area contributed by atoms with Gasteiger partial charge in [0.05, 0.1) is 11.7 Å². The summed E-state index contributed by atoms with van der Waals surface area (Å²) in [4.78, 5) is 0. The number of hydrogen-bond acceptors (Lipinski definition) is 1. The molecule has 1 unspecified atom stereocenters. The molecule has 1 aromatic rings. The molecule has 1 aromatic heterocycles. The third-order valence-electron chi connectivity index (χ3n) is 5.07. The quantitative estimate of drug-likeness (QED) is 0.722. The van der Waals surface area contributed by atoms with Crippen LogP contribution in [-0.2, 0) is 6.42 Å². The molecule has 0 radical (unpaired) electrons. The van der Waals surface area contributed by atoms with E-state index in [1.807, 2.05) is 0 Å². The number of nitrogens with zero attached hydrogens (tertiary/aromatic N) is 2. The lowest BCUT2D eigenvalue weighted by Gasteiger charge is -2.26. The van der Waals surface area contributed by atoms with Crippen LogP contribution in [-0.4, -0.2) is 15.7 Å². The van der Waals surface area contributed by atoms with E-state index in [1.54, 1.807) is 0 Å². The number of rotatable bonds is 5. The zero-order valence-corrected chi connectivity index (χ0v) is 12.7. The third-order valence-corrected chi connectivity index (χ3v) is 5.68. The van der Waals surface area contributed by atoms with Crippen LogP contribution in [0.15, 0.2) is 12.3 Å². The summed E-state index contributed by atoms with van der Waals surface area (Å²) >= 11 is 6.21. The number of halogens is 1. The average Bonchev–Trinajstić information content (AvgIpc) is 3.21. The molecule has 0 aliphatic heterocycles. The second kappa shape index (κ2) is 5.47. The van der Waals surface area contributed by atoms with Gasteiger partial charge in [-0.05, 0) is 49.5 Å². The van der Waals surface area contributed by atoms with Gasteiger partial charge < -0.3 is 0 Å². The molecule has 2 fully saturated rings. The second-order valence-electron chi connectivity index (χ2n) is 6.82. The molecule has 0 bridgehead atoms. The molecule has 1 atom stereocenters. The maximum atomic E-state index is 6.21. The van der Waals surface area contributed by atoms with Gasteiger partial charge in [0.25, 0.3) is 0 Å². The fourth-order valence-corrected chi connectivity index (χ4v) is 3.83. The summed E-state index contributed by atoms with van der Waals surface area (Å²) in [5, 5.41) is 4.84. The molecule has 2 saturated carbocycles. The van der Waals surface area contributed by atoms with E-state index in [2.05, 4.69) is 23.9 Å². The van der Waals surface area contributed by atoms with Gasteiger partial charge in [-0.15, -0.1) is 11.6 Å². The minimum absolute atomic E-state index is 0.257. The molecule has 19 heavy (non-hydrogen) atoms. The van der Waals surface area contributed by atoms with Crippen molar-refractivity contribution in [3.63, 3.8) is 0 Å². The summed E-state index contributed by atoms with van der Waals surface area (Å²) in [6.45, 7) is 2.33. The zero-order chi connectivity index (χ0) is 13.3. The van der Waals surface area contributed by atoms with Gasteiger partial charge in [-0.1, -0.05) is 26.2 Å². The van der Waals surface area contributed by atoms with Crippen molar-refractivity contribution < 1.29 is 0 Å². The molecule has 0 N–H and O–H groups in total. The van der Waals surface area contributed by atoms with E-state index in [0.717, 1.165) is 18.2 Å². The predicted molar refractivity (Wildman–Crippen MR) is 79.6 cm³/mol. The Labute approximate surface area is 121 Å². The molecule has 0 spiro atoms. The molecule has 0 amide bonds. The standard InChI is InChI=1S/C16H25ClN2/c1-16(12-17,13-7-8-13)11-14-9-10-19(18-14)15-5-3-2-4-6-15/h9-10,13,15H,2-8,11-12H2,1H3. The second-order valence-corrected chi connectivity index (χ2v) is 7.08. The SMILES string of the molecule is CC(CCl)(Cc1ccn(C2CCCCC2)n1)C1CC1. The Morgan fingerprint density at radius 3 is 2.63 bits per heavy atom. The minimum Gasteiger partial charge on any atom is -0.269 e. The summed E-state index contributed by atoms with van der Waals surface area (Å²) in [7, 11) is 0. The molecule has 0 saturated heterocycles. The maximum absolute atomic E-state index is 6.21. The van der Waals surface area contributed by atoms with Crippen molar-refractivity contribution in [2.75, 3.05) is 5.88 Å². The fourth-order valence-electron chi connectivity index (χ4n) is 3.52. The minimum atomic E-state index is 0.257. The molecular formula is C16H25ClN2. The highest BCUT2D eigenvalue weighted by Crippen LogP contribution is 2.47. The van der Waals surface area contributed by atoms with E-state index in [9.17, 15) is 0 Å². The molecule has 2 aliphatic rings. The van der Waals surface area contributed by atoms with E-state index >= 15 is 0 Å². The molecule has 3 rings (SSSR count). The van der Waals surface area contributed by atoms with Crippen LogP contribution in [0, 0.1) is 11.3 Å². The van der Waals surface area contributed by atoms with Crippen LogP contribution in [0.2, 0.25) is 0 Å². The Kier molecular flexibility index (Phi) is 3.88. The van der Waals surface area contributed by atoms with Crippen LogP contribution in [0.4, 0.5) is 0 Å². The van der Waals surface area contributed by atoms with Crippen LogP contribution in [0.5, 0.6) is 0 Å². The van der Waals surface area contributed by atoms with E-state index < -0.39 is 0 Å². The van der Waals surface area contributed by atoms with Crippen LogP contribution in [0.25, 0.3) is 0 Å². The largest absolute Gasteiger partial charge is 0.269 e. The van der Waals surface area contributed by atoms with Crippen molar-refractivity contribution >= 4 is 11.6 Å². The van der Waals surface area contributed by atoms with Crippen LogP contribution in [0.1, 0.15) is 63.6 Å². The van der Waals surface area contributed by atoms with Gasteiger partial charge in [0.1, 0.15) is 0 Å². The number of hydrogen-bond donors (Lipinski definition) is 0. The number of alkyl halides is 1. The Morgan fingerprint density at radius 2 is 2.00 bits per heavy atom. The first-order chi connectivity index (χ1) is 9.21. The van der Waals surface area contributed by atoms with Crippen LogP contribution >= 0.6 is 11.6 Å². The molecular weight excluding hydrogens is 256 g/mol. The average molecular weight is 281 g/mol. The van der Waals surface area contributed by atoms with Crippen LogP contribution < -0.4 is 0 Å². The summed E-state index contributed by atoms with van der Waals surface area (Å²) in [5.41, 5.74) is 1.49. The summed E-state index contributed by atoms with van der Waals surface area (Å²) in [6, 6.07) is 2.85. The molecule has 0 aromatic carbocycles. The lowest BCUT2D eigenvalue weighted by atomic mass is 9.82. The van der Waals surface area contributed by atoms with Gasteiger partial charge in [-0.25, -0.2) is 0 Å². The van der Waals surface area contributed by atoms with Gasteiger partial charge in [0, 0.05) is 12.1 Å². The number of aromatic nitrogens is 2. The van der Waals surface area contributed by atoms with E-state index in [4.69, 9.17) is 16.7 Å². The van der Waals surface area contributed by atoms with Gasteiger partial charge in [0.15, 0.2) is 0 Å². The molecule has 2 aliphatic carbocycles. The van der Waals surface area contributed by atoms with Crippen molar-refractivity contribution in [2.24, 2.45) is 11.3 Å². The predicted octanol–water partition coefficient (Wildman–Crippen LogP) is 4.59. The highest BCUT2D eigenvalue weighted by atomic mass is 35.5. The lowest BCUT2D eigenvalue weighted by Crippen LogP contribution is -2.25. The van der Waals surface area contributed by atoms with Crippen molar-refractivity contribution in [3.05, 3.63) is 18.0 Å². The summed E-state index contributed by atoms with van der Waals surface area (Å²) < 4.78 is 2.22. The highest BCUT2D eigenvalue weighted by Gasteiger charge is 2.41. The van der Waals surface area contributed by atoms with Gasteiger partial charge in [-0.2, -0.15) is 5.10 Å². The Bertz CT molecular complexity index is 418. The van der Waals surface area contributed by atoms with E-state index in [-0.39, 0.29) is 5.41 Å². The third kappa shape index (κ3) is 2.99. The first-order valence-electron chi connectivity index (χ1n) is 7.81. The lowest BCUT2D eigenvalue weighted by molar-refractivity contribution is 0.301. The molecule has 2 nitrogen and oxygen atoms in total. The normalized spacial score (nSPS) is 24.3. The van der Waals surface area contributed by atoms with Crippen molar-refractivity contribution in [1.82, 2.24) is 9.78 Å². The van der Waals surface area contributed by atoms with Crippen LogP contribution in [0.3, 0.4) is 0 Å². The zero-order valence-electron chi connectivity index (χ0n) is 11.9. The van der Waals surface area contributed by atoms with E-state index in [1.165, 1.54) is 50.6 Å². The smallest absolute Gasteiger partial charge is 0.0630 e. The van der Waals surface area contributed by atoms with Gasteiger partial charge >= 0.3 is 0 Å². The topological polar surface area (TPSA) is 17.8 Å². The molecule has 3 heteroatoms. The summed E-state index contributed by atoms with van der Waals surface area (Å²) in [5.74, 6) is 1.58. The first-order valence-corrected chi connectivity index (χ1v) is 8.35. The highest BCUT2D eigenvalue weighted by molar-refractivity contribution is 6.18. The Balaban J connectivity index is 1.67. The Morgan fingerprint density at radius 1 is 1.26 bits per heavy atom. The van der Waals surface area contributed by atoms with Crippen molar-refractivity contribution in [1.29, 1.82) is 0 Å².